The molecule has 0 aliphatic heterocycles. The summed E-state index contributed by atoms with van der Waals surface area (Å²) in [6.07, 6.45) is 1.99. The van der Waals surface area contributed by atoms with Gasteiger partial charge in [0.1, 0.15) is 17.2 Å². The molecule has 5 nitrogen and oxygen atoms in total. The Labute approximate surface area is 173 Å². The SMILES string of the molecule is Cc1cc(OCCc2cccc(OCCCC(C)(C)C(=O)O)c2)c(C)c(C)c1O. The molecule has 2 aromatic rings. The van der Waals surface area contributed by atoms with Gasteiger partial charge >= 0.3 is 5.97 Å². The molecule has 0 atom stereocenters. The molecule has 0 amide bonds. The molecule has 0 bridgehead atoms. The van der Waals surface area contributed by atoms with E-state index in [9.17, 15) is 9.90 Å². The molecular formula is C24H32O5. The van der Waals surface area contributed by atoms with Crippen molar-refractivity contribution in [3.63, 3.8) is 0 Å². The zero-order valence-corrected chi connectivity index (χ0v) is 18.0. The van der Waals surface area contributed by atoms with Crippen molar-refractivity contribution in [1.82, 2.24) is 0 Å². The highest BCUT2D eigenvalue weighted by Crippen LogP contribution is 2.32. The number of phenolic OH excluding ortho intramolecular Hbond substituents is 1. The quantitative estimate of drug-likeness (QED) is 0.536. The van der Waals surface area contributed by atoms with Gasteiger partial charge in [-0.25, -0.2) is 0 Å². The van der Waals surface area contributed by atoms with Crippen molar-refractivity contribution in [2.75, 3.05) is 13.2 Å². The van der Waals surface area contributed by atoms with Gasteiger partial charge in [-0.3, -0.25) is 4.79 Å². The second-order valence-corrected chi connectivity index (χ2v) is 8.18. The summed E-state index contributed by atoms with van der Waals surface area (Å²) >= 11 is 0. The fourth-order valence-electron chi connectivity index (χ4n) is 3.06. The van der Waals surface area contributed by atoms with E-state index in [1.807, 2.05) is 51.1 Å². The van der Waals surface area contributed by atoms with Crippen LogP contribution in [0.4, 0.5) is 0 Å². The van der Waals surface area contributed by atoms with Gasteiger partial charge in [-0.1, -0.05) is 12.1 Å². The molecular weight excluding hydrogens is 368 g/mol. The Morgan fingerprint density at radius 2 is 1.76 bits per heavy atom. The lowest BCUT2D eigenvalue weighted by Crippen LogP contribution is -2.24. The second-order valence-electron chi connectivity index (χ2n) is 8.18. The van der Waals surface area contributed by atoms with Crippen molar-refractivity contribution in [1.29, 1.82) is 0 Å². The first-order chi connectivity index (χ1) is 13.6. The fraction of sp³-hybridized carbons (Fsp3) is 0.458. The van der Waals surface area contributed by atoms with Crippen LogP contribution in [0.1, 0.15) is 48.9 Å². The normalized spacial score (nSPS) is 11.3. The number of phenols is 1. The minimum absolute atomic E-state index is 0.325. The Morgan fingerprint density at radius 1 is 1.03 bits per heavy atom. The van der Waals surface area contributed by atoms with E-state index in [1.165, 1.54) is 0 Å². The number of hydrogen-bond donors (Lipinski definition) is 2. The van der Waals surface area contributed by atoms with Crippen LogP contribution in [-0.2, 0) is 11.2 Å². The van der Waals surface area contributed by atoms with Gasteiger partial charge in [-0.15, -0.1) is 0 Å². The second kappa shape index (κ2) is 9.68. The summed E-state index contributed by atoms with van der Waals surface area (Å²) in [5.74, 6) is 1.12. The van der Waals surface area contributed by atoms with E-state index >= 15 is 0 Å². The van der Waals surface area contributed by atoms with Gasteiger partial charge in [0.15, 0.2) is 0 Å². The Balaban J connectivity index is 1.85. The van der Waals surface area contributed by atoms with Crippen LogP contribution in [-0.4, -0.2) is 29.4 Å². The predicted octanol–water partition coefficient (Wildman–Crippen LogP) is 5.21. The molecule has 5 heteroatoms. The summed E-state index contributed by atoms with van der Waals surface area (Å²) in [6, 6.07) is 9.75. The molecule has 2 rings (SSSR count). The summed E-state index contributed by atoms with van der Waals surface area (Å²) in [5, 5.41) is 19.2. The van der Waals surface area contributed by atoms with Crippen LogP contribution in [0.3, 0.4) is 0 Å². The number of benzene rings is 2. The van der Waals surface area contributed by atoms with E-state index in [4.69, 9.17) is 14.6 Å². The molecule has 0 saturated carbocycles. The highest BCUT2D eigenvalue weighted by Gasteiger charge is 2.26. The monoisotopic (exact) mass is 400 g/mol. The van der Waals surface area contributed by atoms with Crippen molar-refractivity contribution in [3.05, 3.63) is 52.6 Å². The first kappa shape index (κ1) is 22.6. The van der Waals surface area contributed by atoms with E-state index in [0.717, 1.165) is 40.2 Å². The van der Waals surface area contributed by atoms with Gasteiger partial charge in [0.25, 0.3) is 0 Å². The number of carboxylic acids is 1. The number of carboxylic acid groups (broad SMARTS) is 1. The molecule has 158 valence electrons. The summed E-state index contributed by atoms with van der Waals surface area (Å²) in [5.41, 5.74) is 2.99. The van der Waals surface area contributed by atoms with Gasteiger partial charge in [0.2, 0.25) is 0 Å². The first-order valence-electron chi connectivity index (χ1n) is 9.99. The number of ether oxygens (including phenoxy) is 2. The Kier molecular flexibility index (Phi) is 7.54. The van der Waals surface area contributed by atoms with Crippen LogP contribution in [0.2, 0.25) is 0 Å². The first-order valence-corrected chi connectivity index (χ1v) is 9.99. The lowest BCUT2D eigenvalue weighted by molar-refractivity contribution is -0.147. The summed E-state index contributed by atoms with van der Waals surface area (Å²) in [6.45, 7) is 10.2. The number of rotatable bonds is 10. The minimum Gasteiger partial charge on any atom is -0.507 e. The van der Waals surface area contributed by atoms with Crippen LogP contribution in [0.5, 0.6) is 17.2 Å². The third-order valence-corrected chi connectivity index (χ3v) is 5.35. The molecule has 0 fully saturated rings. The van der Waals surface area contributed by atoms with Crippen molar-refractivity contribution in [3.8, 4) is 17.2 Å². The van der Waals surface area contributed by atoms with Crippen LogP contribution in [0.25, 0.3) is 0 Å². The molecule has 0 saturated heterocycles. The smallest absolute Gasteiger partial charge is 0.309 e. The van der Waals surface area contributed by atoms with Gasteiger partial charge in [-0.2, -0.15) is 0 Å². The number of aromatic hydroxyl groups is 1. The van der Waals surface area contributed by atoms with E-state index in [-0.39, 0.29) is 0 Å². The maximum Gasteiger partial charge on any atom is 0.309 e. The van der Waals surface area contributed by atoms with Crippen LogP contribution >= 0.6 is 0 Å². The van der Waals surface area contributed by atoms with Gasteiger partial charge in [0.05, 0.1) is 18.6 Å². The standard InChI is InChI=1S/C24H32O5/c1-16-14-21(17(2)18(3)22(16)25)29-13-10-19-8-6-9-20(15-19)28-12-7-11-24(4,5)23(26)27/h6,8-9,14-15,25H,7,10-13H2,1-5H3,(H,26,27). The maximum absolute atomic E-state index is 11.1. The van der Waals surface area contributed by atoms with Crippen molar-refractivity contribution < 1.29 is 24.5 Å². The molecule has 0 unspecified atom stereocenters. The molecule has 2 aromatic carbocycles. The molecule has 0 aromatic heterocycles. The zero-order chi connectivity index (χ0) is 21.6. The summed E-state index contributed by atoms with van der Waals surface area (Å²) in [7, 11) is 0. The largest absolute Gasteiger partial charge is 0.507 e. The highest BCUT2D eigenvalue weighted by atomic mass is 16.5. The predicted molar refractivity (Wildman–Crippen MR) is 114 cm³/mol. The van der Waals surface area contributed by atoms with E-state index in [0.29, 0.717) is 31.8 Å². The lowest BCUT2D eigenvalue weighted by Gasteiger charge is -2.18. The van der Waals surface area contributed by atoms with Crippen molar-refractivity contribution in [2.24, 2.45) is 5.41 Å². The molecule has 29 heavy (non-hydrogen) atoms. The van der Waals surface area contributed by atoms with E-state index in [1.54, 1.807) is 13.8 Å². The fourth-order valence-corrected chi connectivity index (χ4v) is 3.06. The topological polar surface area (TPSA) is 76.0 Å². The third-order valence-electron chi connectivity index (χ3n) is 5.35. The van der Waals surface area contributed by atoms with Gasteiger partial charge in [-0.05, 0) is 87.9 Å². The average molecular weight is 401 g/mol. The highest BCUT2D eigenvalue weighted by molar-refractivity contribution is 5.73. The molecule has 2 N–H and O–H groups in total. The number of aliphatic carboxylic acids is 1. The number of aryl methyl sites for hydroxylation is 1. The van der Waals surface area contributed by atoms with Crippen molar-refractivity contribution in [2.45, 2.75) is 53.9 Å². The minimum atomic E-state index is -0.784. The molecule has 0 radical (unpaired) electrons. The van der Waals surface area contributed by atoms with E-state index < -0.39 is 11.4 Å². The Morgan fingerprint density at radius 3 is 2.45 bits per heavy atom. The molecule has 0 heterocycles. The summed E-state index contributed by atoms with van der Waals surface area (Å²) in [4.78, 5) is 11.1. The van der Waals surface area contributed by atoms with E-state index in [2.05, 4.69) is 0 Å². The third kappa shape index (κ3) is 6.14. The van der Waals surface area contributed by atoms with Gasteiger partial charge in [0, 0.05) is 6.42 Å². The van der Waals surface area contributed by atoms with Crippen LogP contribution in [0, 0.1) is 26.2 Å². The van der Waals surface area contributed by atoms with Gasteiger partial charge < -0.3 is 19.7 Å². The van der Waals surface area contributed by atoms with Crippen LogP contribution < -0.4 is 9.47 Å². The molecule has 0 aliphatic carbocycles. The summed E-state index contributed by atoms with van der Waals surface area (Å²) < 4.78 is 11.7. The average Bonchev–Trinajstić information content (AvgIpc) is 2.68. The number of carbonyl (C=O) groups is 1. The van der Waals surface area contributed by atoms with Crippen LogP contribution in [0.15, 0.2) is 30.3 Å². The number of hydrogen-bond acceptors (Lipinski definition) is 4. The zero-order valence-electron chi connectivity index (χ0n) is 18.0. The maximum atomic E-state index is 11.1. The lowest BCUT2D eigenvalue weighted by atomic mass is 9.88. The Hall–Kier alpha value is -2.69. The molecule has 0 spiro atoms. The Bertz CT molecular complexity index is 855. The van der Waals surface area contributed by atoms with Crippen molar-refractivity contribution >= 4 is 5.97 Å². The molecule has 0 aliphatic rings.